The molecule has 0 aliphatic heterocycles. The molecule has 0 aliphatic carbocycles. The van der Waals surface area contributed by atoms with Gasteiger partial charge in [0.1, 0.15) is 5.75 Å². The topological polar surface area (TPSA) is 23.5 Å². The van der Waals surface area contributed by atoms with E-state index in [-0.39, 0.29) is 0 Å². The quantitative estimate of drug-likeness (QED) is 0.757. The Bertz CT molecular complexity index is 233. The highest BCUT2D eigenvalue weighted by atomic mass is 16.3. The third-order valence-electron chi connectivity index (χ3n) is 1.48. The van der Waals surface area contributed by atoms with E-state index < -0.39 is 0 Å². The Balaban J connectivity index is 0.000000671. The Morgan fingerprint density at radius 1 is 1.15 bits per heavy atom. The number of phenolic OH excluding ortho intramolecular Hbond substituents is 1. The van der Waals surface area contributed by atoms with Gasteiger partial charge in [0.05, 0.1) is 0 Å². The van der Waals surface area contributed by atoms with E-state index in [0.29, 0.717) is 5.75 Å². The first-order valence-electron chi connectivity index (χ1n) is 4.62. The lowest BCUT2D eigenvalue weighted by molar-refractivity contribution is 0.386. The normalized spacial score (nSPS) is 9.31. The van der Waals surface area contributed by atoms with E-state index >= 15 is 0 Å². The summed E-state index contributed by atoms with van der Waals surface area (Å²) in [4.78, 5) is 2.02. The first kappa shape index (κ1) is 12.0. The van der Waals surface area contributed by atoms with Gasteiger partial charge in [-0.05, 0) is 20.2 Å². The molecule has 0 bridgehead atoms. The van der Waals surface area contributed by atoms with Crippen molar-refractivity contribution in [3.05, 3.63) is 29.8 Å². The van der Waals surface area contributed by atoms with Crippen molar-refractivity contribution < 1.29 is 5.11 Å². The van der Waals surface area contributed by atoms with Crippen molar-refractivity contribution in [2.24, 2.45) is 0 Å². The molecule has 2 heteroatoms. The van der Waals surface area contributed by atoms with Crippen LogP contribution in [0, 0.1) is 0 Å². The highest BCUT2D eigenvalue weighted by Crippen LogP contribution is 2.16. The molecule has 1 rings (SSSR count). The average molecular weight is 181 g/mol. The summed E-state index contributed by atoms with van der Waals surface area (Å²) in [6.07, 6.45) is 0. The van der Waals surface area contributed by atoms with Crippen LogP contribution >= 0.6 is 0 Å². The Labute approximate surface area is 80.8 Å². The molecule has 1 aromatic carbocycles. The Morgan fingerprint density at radius 2 is 1.69 bits per heavy atom. The third-order valence-corrected chi connectivity index (χ3v) is 1.48. The van der Waals surface area contributed by atoms with E-state index in [4.69, 9.17) is 0 Å². The molecule has 0 unspecified atom stereocenters. The zero-order chi connectivity index (χ0) is 10.3. The average Bonchev–Trinajstić information content (AvgIpc) is 2.12. The predicted octanol–water partition coefficient (Wildman–Crippen LogP) is 2.48. The Morgan fingerprint density at radius 3 is 2.15 bits per heavy atom. The predicted molar refractivity (Wildman–Crippen MR) is 56.8 cm³/mol. The summed E-state index contributed by atoms with van der Waals surface area (Å²) in [6.45, 7) is 4.78. The van der Waals surface area contributed by atoms with E-state index in [0.717, 1.165) is 12.1 Å². The van der Waals surface area contributed by atoms with Crippen LogP contribution in [0.25, 0.3) is 0 Å². The first-order chi connectivity index (χ1) is 6.20. The van der Waals surface area contributed by atoms with Gasteiger partial charge in [-0.3, -0.25) is 0 Å². The Kier molecular flexibility index (Phi) is 5.98. The molecule has 2 nitrogen and oxygen atoms in total. The summed E-state index contributed by atoms with van der Waals surface area (Å²) < 4.78 is 0. The fourth-order valence-electron chi connectivity index (χ4n) is 0.985. The van der Waals surface area contributed by atoms with E-state index in [1.807, 2.05) is 51.0 Å². The molecule has 0 heterocycles. The lowest BCUT2D eigenvalue weighted by atomic mass is 10.2. The van der Waals surface area contributed by atoms with Crippen molar-refractivity contribution in [1.82, 2.24) is 4.90 Å². The SMILES string of the molecule is CC.CN(C)Cc1ccccc1O. The smallest absolute Gasteiger partial charge is 0.120 e. The van der Waals surface area contributed by atoms with Gasteiger partial charge in [0, 0.05) is 12.1 Å². The molecule has 0 radical (unpaired) electrons. The summed E-state index contributed by atoms with van der Waals surface area (Å²) in [7, 11) is 3.96. The molecular weight excluding hydrogens is 162 g/mol. The summed E-state index contributed by atoms with van der Waals surface area (Å²) in [5, 5.41) is 9.33. The number of aromatic hydroxyl groups is 1. The van der Waals surface area contributed by atoms with Gasteiger partial charge in [0.2, 0.25) is 0 Å². The van der Waals surface area contributed by atoms with Gasteiger partial charge in [-0.1, -0.05) is 32.0 Å². The van der Waals surface area contributed by atoms with Gasteiger partial charge in [-0.25, -0.2) is 0 Å². The van der Waals surface area contributed by atoms with Crippen molar-refractivity contribution >= 4 is 0 Å². The molecule has 13 heavy (non-hydrogen) atoms. The molecule has 1 N–H and O–H groups in total. The van der Waals surface area contributed by atoms with Crippen LogP contribution < -0.4 is 0 Å². The lowest BCUT2D eigenvalue weighted by Crippen LogP contribution is -2.10. The van der Waals surface area contributed by atoms with Gasteiger partial charge in [0.15, 0.2) is 0 Å². The number of phenols is 1. The molecular formula is C11H19NO. The molecule has 0 spiro atoms. The minimum Gasteiger partial charge on any atom is -0.508 e. The van der Waals surface area contributed by atoms with Crippen LogP contribution in [-0.4, -0.2) is 24.1 Å². The number of hydrogen-bond donors (Lipinski definition) is 1. The number of para-hydroxylation sites is 1. The van der Waals surface area contributed by atoms with Gasteiger partial charge in [-0.15, -0.1) is 0 Å². The minimum atomic E-state index is 0.376. The second-order valence-electron chi connectivity index (χ2n) is 2.87. The molecule has 0 aromatic heterocycles. The maximum Gasteiger partial charge on any atom is 0.120 e. The van der Waals surface area contributed by atoms with Crippen molar-refractivity contribution in [2.45, 2.75) is 20.4 Å². The number of rotatable bonds is 2. The lowest BCUT2D eigenvalue weighted by Gasteiger charge is -2.10. The molecule has 0 atom stereocenters. The molecule has 1 aromatic rings. The van der Waals surface area contributed by atoms with Gasteiger partial charge in [0.25, 0.3) is 0 Å². The van der Waals surface area contributed by atoms with E-state index in [9.17, 15) is 5.11 Å². The van der Waals surface area contributed by atoms with Gasteiger partial charge in [-0.2, -0.15) is 0 Å². The second kappa shape index (κ2) is 6.49. The van der Waals surface area contributed by atoms with E-state index in [2.05, 4.69) is 0 Å². The van der Waals surface area contributed by atoms with Crippen LogP contribution in [0.5, 0.6) is 5.75 Å². The monoisotopic (exact) mass is 181 g/mol. The zero-order valence-corrected chi connectivity index (χ0v) is 8.91. The third kappa shape index (κ3) is 4.53. The Hall–Kier alpha value is -1.02. The maximum atomic E-state index is 9.33. The summed E-state index contributed by atoms with van der Waals surface area (Å²) >= 11 is 0. The molecule has 0 saturated carbocycles. The second-order valence-corrected chi connectivity index (χ2v) is 2.87. The molecule has 74 valence electrons. The van der Waals surface area contributed by atoms with Crippen LogP contribution in [0.3, 0.4) is 0 Å². The first-order valence-corrected chi connectivity index (χ1v) is 4.62. The molecule has 0 saturated heterocycles. The molecule has 0 fully saturated rings. The number of nitrogens with zero attached hydrogens (tertiary/aromatic N) is 1. The summed E-state index contributed by atoms with van der Waals surface area (Å²) in [5.41, 5.74) is 0.970. The van der Waals surface area contributed by atoms with Crippen LogP contribution in [0.15, 0.2) is 24.3 Å². The van der Waals surface area contributed by atoms with Crippen molar-refractivity contribution in [3.8, 4) is 5.75 Å². The number of hydrogen-bond acceptors (Lipinski definition) is 2. The van der Waals surface area contributed by atoms with Crippen molar-refractivity contribution in [3.63, 3.8) is 0 Å². The largest absolute Gasteiger partial charge is 0.508 e. The van der Waals surface area contributed by atoms with E-state index in [1.54, 1.807) is 6.07 Å². The van der Waals surface area contributed by atoms with Crippen LogP contribution in [0.4, 0.5) is 0 Å². The highest BCUT2D eigenvalue weighted by Gasteiger charge is 1.98. The van der Waals surface area contributed by atoms with E-state index in [1.165, 1.54) is 0 Å². The van der Waals surface area contributed by atoms with Crippen LogP contribution in [0.1, 0.15) is 19.4 Å². The number of benzene rings is 1. The standard InChI is InChI=1S/C9H13NO.C2H6/c1-10(2)7-8-5-3-4-6-9(8)11;1-2/h3-6,11H,7H2,1-2H3;1-2H3. The van der Waals surface area contributed by atoms with Crippen LogP contribution in [-0.2, 0) is 6.54 Å². The zero-order valence-electron chi connectivity index (χ0n) is 8.91. The van der Waals surface area contributed by atoms with Crippen molar-refractivity contribution in [1.29, 1.82) is 0 Å². The van der Waals surface area contributed by atoms with Crippen LogP contribution in [0.2, 0.25) is 0 Å². The summed E-state index contributed by atoms with van der Waals surface area (Å²) in [6, 6.07) is 7.39. The fourth-order valence-corrected chi connectivity index (χ4v) is 0.985. The molecule has 0 aliphatic rings. The molecule has 0 amide bonds. The van der Waals surface area contributed by atoms with Gasteiger partial charge >= 0.3 is 0 Å². The minimum absolute atomic E-state index is 0.376. The highest BCUT2D eigenvalue weighted by molar-refractivity contribution is 5.31. The van der Waals surface area contributed by atoms with Gasteiger partial charge < -0.3 is 10.0 Å². The maximum absolute atomic E-state index is 9.33. The fraction of sp³-hybridized carbons (Fsp3) is 0.455. The summed E-state index contributed by atoms with van der Waals surface area (Å²) in [5.74, 6) is 0.376. The van der Waals surface area contributed by atoms with Crippen molar-refractivity contribution in [2.75, 3.05) is 14.1 Å².